The molecular weight excluding hydrogens is 204 g/mol. The lowest BCUT2D eigenvalue weighted by Crippen LogP contribution is -2.11. The summed E-state index contributed by atoms with van der Waals surface area (Å²) in [4.78, 5) is 2.59. The first-order chi connectivity index (χ1) is 7.18. The second-order valence-electron chi connectivity index (χ2n) is 4.15. The molecule has 2 heteroatoms. The largest absolute Gasteiger partial charge is 0.388 e. The fourth-order valence-electron chi connectivity index (χ4n) is 1.91. The van der Waals surface area contributed by atoms with Crippen LogP contribution in [0.15, 0.2) is 45.7 Å². The van der Waals surface area contributed by atoms with Crippen molar-refractivity contribution in [2.24, 2.45) is 5.92 Å². The van der Waals surface area contributed by atoms with Crippen molar-refractivity contribution in [3.05, 3.63) is 40.8 Å². The zero-order valence-corrected chi connectivity index (χ0v) is 9.92. The number of rotatable bonds is 2. The number of hydrogen-bond acceptors (Lipinski definition) is 2. The Morgan fingerprint density at radius 1 is 1.27 bits per heavy atom. The zero-order chi connectivity index (χ0) is 10.8. The Bertz CT molecular complexity index is 369. The summed E-state index contributed by atoms with van der Waals surface area (Å²) in [5, 5.41) is 9.84. The average Bonchev–Trinajstić information content (AvgIpc) is 2.48. The summed E-state index contributed by atoms with van der Waals surface area (Å²) in [6.45, 7) is 4.15. The van der Waals surface area contributed by atoms with E-state index in [1.165, 1.54) is 9.80 Å². The van der Waals surface area contributed by atoms with Crippen LogP contribution in [0.4, 0.5) is 0 Å². The van der Waals surface area contributed by atoms with Crippen molar-refractivity contribution in [2.45, 2.75) is 31.3 Å². The summed E-state index contributed by atoms with van der Waals surface area (Å²) in [6, 6.07) is 10.3. The summed E-state index contributed by atoms with van der Waals surface area (Å²) in [7, 11) is 0. The van der Waals surface area contributed by atoms with E-state index in [-0.39, 0.29) is 6.10 Å². The van der Waals surface area contributed by atoms with E-state index in [0.717, 1.165) is 12.0 Å². The molecule has 0 saturated carbocycles. The Labute approximate surface area is 95.2 Å². The van der Waals surface area contributed by atoms with E-state index in [4.69, 9.17) is 0 Å². The Balaban J connectivity index is 2.14. The average molecular weight is 220 g/mol. The van der Waals surface area contributed by atoms with Crippen molar-refractivity contribution in [2.75, 3.05) is 0 Å². The highest BCUT2D eigenvalue weighted by Crippen LogP contribution is 2.41. The Morgan fingerprint density at radius 3 is 2.47 bits per heavy atom. The van der Waals surface area contributed by atoms with Gasteiger partial charge in [-0.05, 0) is 41.9 Å². The van der Waals surface area contributed by atoms with Crippen LogP contribution in [-0.4, -0.2) is 11.2 Å². The van der Waals surface area contributed by atoms with Crippen LogP contribution in [0.5, 0.6) is 0 Å². The van der Waals surface area contributed by atoms with Gasteiger partial charge in [0, 0.05) is 4.90 Å². The second kappa shape index (κ2) is 4.42. The van der Waals surface area contributed by atoms with Crippen LogP contribution in [0.3, 0.4) is 0 Å². The van der Waals surface area contributed by atoms with Gasteiger partial charge in [0.25, 0.3) is 0 Å². The molecule has 0 unspecified atom stereocenters. The molecule has 2 rings (SSSR count). The SMILES string of the molecule is CC1=C(Sc2ccccc2)C[C@@H](C)[C@H]1O. The lowest BCUT2D eigenvalue weighted by Gasteiger charge is -2.08. The van der Waals surface area contributed by atoms with Crippen LogP contribution in [0.1, 0.15) is 20.3 Å². The van der Waals surface area contributed by atoms with Gasteiger partial charge in [-0.25, -0.2) is 0 Å². The number of allylic oxidation sites excluding steroid dienone is 1. The summed E-state index contributed by atoms with van der Waals surface area (Å²) in [5.41, 5.74) is 1.15. The van der Waals surface area contributed by atoms with Crippen molar-refractivity contribution < 1.29 is 5.11 Å². The van der Waals surface area contributed by atoms with Gasteiger partial charge in [0.15, 0.2) is 0 Å². The van der Waals surface area contributed by atoms with Crippen LogP contribution >= 0.6 is 11.8 Å². The Hall–Kier alpha value is -0.730. The normalized spacial score (nSPS) is 26.1. The van der Waals surface area contributed by atoms with Gasteiger partial charge in [0.2, 0.25) is 0 Å². The molecule has 2 atom stereocenters. The summed E-state index contributed by atoms with van der Waals surface area (Å²) in [5.74, 6) is 0.371. The van der Waals surface area contributed by atoms with Gasteiger partial charge in [-0.15, -0.1) is 0 Å². The van der Waals surface area contributed by atoms with E-state index in [2.05, 4.69) is 19.1 Å². The van der Waals surface area contributed by atoms with Crippen LogP contribution < -0.4 is 0 Å². The molecule has 0 spiro atoms. The van der Waals surface area contributed by atoms with Gasteiger partial charge in [-0.3, -0.25) is 0 Å². The monoisotopic (exact) mass is 220 g/mol. The minimum atomic E-state index is -0.240. The van der Waals surface area contributed by atoms with Gasteiger partial charge < -0.3 is 5.11 Å². The van der Waals surface area contributed by atoms with E-state index in [0.29, 0.717) is 5.92 Å². The number of aliphatic hydroxyl groups is 1. The quantitative estimate of drug-likeness (QED) is 0.823. The highest BCUT2D eigenvalue weighted by atomic mass is 32.2. The molecule has 80 valence electrons. The molecule has 1 aliphatic rings. The van der Waals surface area contributed by atoms with Crippen molar-refractivity contribution in [1.82, 2.24) is 0 Å². The first-order valence-corrected chi connectivity index (χ1v) is 6.10. The molecule has 0 aromatic heterocycles. The Morgan fingerprint density at radius 2 is 1.93 bits per heavy atom. The first-order valence-electron chi connectivity index (χ1n) is 5.29. The molecule has 0 saturated heterocycles. The topological polar surface area (TPSA) is 20.2 Å². The lowest BCUT2D eigenvalue weighted by atomic mass is 10.1. The molecule has 1 N–H and O–H groups in total. The summed E-state index contributed by atoms with van der Waals surface area (Å²) >= 11 is 1.79. The van der Waals surface area contributed by atoms with Gasteiger partial charge in [0.1, 0.15) is 0 Å². The smallest absolute Gasteiger partial charge is 0.0787 e. The Kier molecular flexibility index (Phi) is 3.17. The molecule has 0 bridgehead atoms. The molecule has 0 fully saturated rings. The maximum atomic E-state index is 9.84. The maximum absolute atomic E-state index is 9.84. The fraction of sp³-hybridized carbons (Fsp3) is 0.385. The third-order valence-electron chi connectivity index (χ3n) is 2.91. The number of benzene rings is 1. The maximum Gasteiger partial charge on any atom is 0.0787 e. The van der Waals surface area contributed by atoms with Gasteiger partial charge in [-0.1, -0.05) is 36.9 Å². The van der Waals surface area contributed by atoms with Crippen LogP contribution in [-0.2, 0) is 0 Å². The molecule has 1 aliphatic carbocycles. The van der Waals surface area contributed by atoms with Gasteiger partial charge in [-0.2, -0.15) is 0 Å². The van der Waals surface area contributed by atoms with E-state index < -0.39 is 0 Å². The van der Waals surface area contributed by atoms with Crippen molar-refractivity contribution in [3.8, 4) is 0 Å². The number of thioether (sulfide) groups is 1. The molecule has 1 aromatic carbocycles. The van der Waals surface area contributed by atoms with Crippen molar-refractivity contribution in [3.63, 3.8) is 0 Å². The van der Waals surface area contributed by atoms with Gasteiger partial charge >= 0.3 is 0 Å². The summed E-state index contributed by atoms with van der Waals surface area (Å²) in [6.07, 6.45) is 0.767. The van der Waals surface area contributed by atoms with Crippen LogP contribution in [0.25, 0.3) is 0 Å². The first kappa shape index (κ1) is 10.8. The lowest BCUT2D eigenvalue weighted by molar-refractivity contribution is 0.165. The molecule has 1 aromatic rings. The van der Waals surface area contributed by atoms with Crippen molar-refractivity contribution >= 4 is 11.8 Å². The molecule has 0 aliphatic heterocycles. The molecule has 0 amide bonds. The minimum Gasteiger partial charge on any atom is -0.388 e. The second-order valence-corrected chi connectivity index (χ2v) is 5.32. The van der Waals surface area contributed by atoms with Crippen molar-refractivity contribution in [1.29, 1.82) is 0 Å². The predicted octanol–water partition coefficient (Wildman–Crippen LogP) is 3.45. The zero-order valence-electron chi connectivity index (χ0n) is 9.10. The van der Waals surface area contributed by atoms with E-state index in [1.54, 1.807) is 11.8 Å². The number of hydrogen-bond donors (Lipinski definition) is 1. The fourth-order valence-corrected chi connectivity index (χ4v) is 3.12. The van der Waals surface area contributed by atoms with Crippen LogP contribution in [0.2, 0.25) is 0 Å². The standard InChI is InChI=1S/C13H16OS/c1-9-8-12(10(2)13(9)14)15-11-6-4-3-5-7-11/h3-7,9,13-14H,8H2,1-2H3/t9-,13-/m1/s1. The number of aliphatic hydroxyl groups excluding tert-OH is 1. The predicted molar refractivity (Wildman–Crippen MR) is 64.8 cm³/mol. The highest BCUT2D eigenvalue weighted by Gasteiger charge is 2.27. The molecule has 1 nitrogen and oxygen atoms in total. The third-order valence-corrected chi connectivity index (χ3v) is 4.16. The molecule has 0 heterocycles. The molecule has 0 radical (unpaired) electrons. The molecule has 15 heavy (non-hydrogen) atoms. The van der Waals surface area contributed by atoms with E-state index in [9.17, 15) is 5.11 Å². The summed E-state index contributed by atoms with van der Waals surface area (Å²) < 4.78 is 0. The minimum absolute atomic E-state index is 0.240. The van der Waals surface area contributed by atoms with Crippen LogP contribution in [0, 0.1) is 5.92 Å². The van der Waals surface area contributed by atoms with E-state index in [1.807, 2.05) is 25.1 Å². The van der Waals surface area contributed by atoms with E-state index >= 15 is 0 Å². The third kappa shape index (κ3) is 2.27. The highest BCUT2D eigenvalue weighted by molar-refractivity contribution is 8.03. The van der Waals surface area contributed by atoms with Gasteiger partial charge in [0.05, 0.1) is 6.10 Å². The molecular formula is C13H16OS.